The number of rotatable bonds is 3. The van der Waals surface area contributed by atoms with Crippen molar-refractivity contribution >= 4 is 5.91 Å². The summed E-state index contributed by atoms with van der Waals surface area (Å²) < 4.78 is 0. The van der Waals surface area contributed by atoms with Gasteiger partial charge in [0.15, 0.2) is 5.79 Å². The van der Waals surface area contributed by atoms with E-state index in [4.69, 9.17) is 0 Å². The number of hydrogen-bond donors (Lipinski definition) is 2. The third-order valence-electron chi connectivity index (χ3n) is 6.13. The Bertz CT molecular complexity index is 598. The second kappa shape index (κ2) is 6.14. The van der Waals surface area contributed by atoms with Crippen LogP contribution in [-0.4, -0.2) is 56.9 Å². The molecule has 5 heteroatoms. The summed E-state index contributed by atoms with van der Waals surface area (Å²) in [6.07, 6.45) is 4.17. The van der Waals surface area contributed by atoms with Crippen LogP contribution in [0.1, 0.15) is 37.7 Å². The molecule has 1 amide bonds. The monoisotopic (exact) mass is 330 g/mol. The van der Waals surface area contributed by atoms with Crippen molar-refractivity contribution in [2.24, 2.45) is 5.92 Å². The lowest BCUT2D eigenvalue weighted by Gasteiger charge is -2.55. The fourth-order valence-corrected chi connectivity index (χ4v) is 4.91. The summed E-state index contributed by atoms with van der Waals surface area (Å²) in [4.78, 5) is 16.8. The van der Waals surface area contributed by atoms with Crippen LogP contribution in [-0.2, 0) is 11.3 Å². The number of piperidine rings is 1. The lowest BCUT2D eigenvalue weighted by Crippen LogP contribution is -2.69. The zero-order valence-electron chi connectivity index (χ0n) is 14.0. The largest absolute Gasteiger partial charge is 0.364 e. The molecule has 4 rings (SSSR count). The Hall–Kier alpha value is -1.43. The van der Waals surface area contributed by atoms with E-state index in [0.29, 0.717) is 13.0 Å². The van der Waals surface area contributed by atoms with E-state index in [1.54, 1.807) is 4.90 Å². The Morgan fingerprint density at radius 3 is 2.50 bits per heavy atom. The van der Waals surface area contributed by atoms with Crippen molar-refractivity contribution in [2.75, 3.05) is 13.1 Å². The van der Waals surface area contributed by atoms with Gasteiger partial charge in [0.2, 0.25) is 5.91 Å². The summed E-state index contributed by atoms with van der Waals surface area (Å²) in [7, 11) is 0. The van der Waals surface area contributed by atoms with E-state index in [0.717, 1.165) is 25.1 Å². The highest BCUT2D eigenvalue weighted by molar-refractivity contribution is 5.78. The molecule has 2 aliphatic heterocycles. The van der Waals surface area contributed by atoms with E-state index in [-0.39, 0.29) is 24.3 Å². The summed E-state index contributed by atoms with van der Waals surface area (Å²) >= 11 is 0. The maximum absolute atomic E-state index is 12.7. The number of likely N-dealkylation sites (tertiary alicyclic amines) is 2. The van der Waals surface area contributed by atoms with Gasteiger partial charge in [0.25, 0.3) is 0 Å². The van der Waals surface area contributed by atoms with Crippen LogP contribution in [0.3, 0.4) is 0 Å². The van der Waals surface area contributed by atoms with Crippen molar-refractivity contribution in [1.82, 2.24) is 9.80 Å². The third-order valence-corrected chi connectivity index (χ3v) is 6.13. The molecule has 1 saturated carbocycles. The summed E-state index contributed by atoms with van der Waals surface area (Å²) in [5.41, 5.74) is 1.03. The zero-order valence-corrected chi connectivity index (χ0v) is 14.0. The normalized spacial score (nSPS) is 33.0. The van der Waals surface area contributed by atoms with Gasteiger partial charge in [0, 0.05) is 24.9 Å². The number of nitrogens with zero attached hydrogens (tertiary/aromatic N) is 2. The molecule has 0 radical (unpaired) electrons. The minimum absolute atomic E-state index is 0.0523. The third kappa shape index (κ3) is 2.65. The molecular weight excluding hydrogens is 304 g/mol. The van der Waals surface area contributed by atoms with E-state index < -0.39 is 11.8 Å². The molecule has 2 N–H and O–H groups in total. The SMILES string of the molecule is O=C1C[C@H]2[C@H](N3CCCC3)CC[C@@H](N1Cc1ccccc1)C2(O)O. The maximum atomic E-state index is 12.7. The van der Waals surface area contributed by atoms with Gasteiger partial charge < -0.3 is 15.1 Å². The molecule has 3 aliphatic rings. The predicted molar refractivity (Wildman–Crippen MR) is 89.9 cm³/mol. The standard InChI is InChI=1S/C19H26N2O3/c22-18-12-15-16(20-10-4-5-11-20)8-9-17(19(15,23)24)21(18)13-14-6-2-1-3-7-14/h1-3,6-7,15-17,23-24H,4-5,8-13H2/t15-,16+,17+/m0/s1. The van der Waals surface area contributed by atoms with Gasteiger partial charge in [0.05, 0.1) is 6.04 Å². The van der Waals surface area contributed by atoms with Gasteiger partial charge in [-0.15, -0.1) is 0 Å². The van der Waals surface area contributed by atoms with Crippen molar-refractivity contribution in [3.05, 3.63) is 35.9 Å². The van der Waals surface area contributed by atoms with Gasteiger partial charge in [-0.2, -0.15) is 0 Å². The van der Waals surface area contributed by atoms with Crippen LogP contribution in [0.25, 0.3) is 0 Å². The highest BCUT2D eigenvalue weighted by atomic mass is 16.5. The molecule has 0 unspecified atom stereocenters. The second-order valence-corrected chi connectivity index (χ2v) is 7.50. The smallest absolute Gasteiger partial charge is 0.223 e. The van der Waals surface area contributed by atoms with E-state index in [1.165, 1.54) is 12.8 Å². The van der Waals surface area contributed by atoms with Crippen molar-refractivity contribution in [3.63, 3.8) is 0 Å². The van der Waals surface area contributed by atoms with E-state index in [9.17, 15) is 15.0 Å². The Morgan fingerprint density at radius 2 is 1.79 bits per heavy atom. The van der Waals surface area contributed by atoms with Crippen molar-refractivity contribution in [3.8, 4) is 0 Å². The molecule has 0 spiro atoms. The minimum atomic E-state index is -1.78. The van der Waals surface area contributed by atoms with Crippen LogP contribution in [0.2, 0.25) is 0 Å². The molecular formula is C19H26N2O3. The lowest BCUT2D eigenvalue weighted by atomic mass is 9.70. The topological polar surface area (TPSA) is 64.0 Å². The number of amides is 1. The van der Waals surface area contributed by atoms with Crippen molar-refractivity contribution in [2.45, 2.75) is 56.5 Å². The number of fused-ring (bicyclic) bond motifs is 2. The van der Waals surface area contributed by atoms with Crippen LogP contribution in [0.4, 0.5) is 0 Å². The lowest BCUT2D eigenvalue weighted by molar-refractivity contribution is -0.280. The molecule has 2 bridgehead atoms. The molecule has 1 aromatic rings. The first-order valence-electron chi connectivity index (χ1n) is 9.09. The molecule has 2 saturated heterocycles. The second-order valence-electron chi connectivity index (χ2n) is 7.50. The van der Waals surface area contributed by atoms with Crippen molar-refractivity contribution in [1.29, 1.82) is 0 Å². The van der Waals surface area contributed by atoms with E-state index in [2.05, 4.69) is 4.90 Å². The molecule has 130 valence electrons. The van der Waals surface area contributed by atoms with Crippen LogP contribution >= 0.6 is 0 Å². The molecule has 0 aromatic heterocycles. The maximum Gasteiger partial charge on any atom is 0.223 e. The van der Waals surface area contributed by atoms with Crippen LogP contribution in [0.15, 0.2) is 30.3 Å². The highest BCUT2D eigenvalue weighted by Gasteiger charge is 2.58. The highest BCUT2D eigenvalue weighted by Crippen LogP contribution is 2.44. The van der Waals surface area contributed by atoms with Crippen LogP contribution < -0.4 is 0 Å². The van der Waals surface area contributed by atoms with Gasteiger partial charge >= 0.3 is 0 Å². The summed E-state index contributed by atoms with van der Waals surface area (Å²) in [5.74, 6) is -2.10. The summed E-state index contributed by atoms with van der Waals surface area (Å²) in [6.45, 7) is 2.49. The predicted octanol–water partition coefficient (Wildman–Crippen LogP) is 1.34. The quantitative estimate of drug-likeness (QED) is 0.821. The number of carbonyl (C=O) groups is 1. The average molecular weight is 330 g/mol. The van der Waals surface area contributed by atoms with Crippen molar-refractivity contribution < 1.29 is 15.0 Å². The zero-order chi connectivity index (χ0) is 16.7. The first kappa shape index (κ1) is 16.1. The van der Waals surface area contributed by atoms with Crippen LogP contribution in [0, 0.1) is 5.92 Å². The van der Waals surface area contributed by atoms with Gasteiger partial charge in [-0.1, -0.05) is 30.3 Å². The Labute approximate surface area is 142 Å². The van der Waals surface area contributed by atoms with Gasteiger partial charge in [-0.25, -0.2) is 0 Å². The first-order chi connectivity index (χ1) is 11.6. The summed E-state index contributed by atoms with van der Waals surface area (Å²) in [5, 5.41) is 21.8. The van der Waals surface area contributed by atoms with Gasteiger partial charge in [0.1, 0.15) is 0 Å². The number of benzene rings is 1. The molecule has 3 fully saturated rings. The van der Waals surface area contributed by atoms with Gasteiger partial charge in [-0.05, 0) is 44.3 Å². The first-order valence-corrected chi connectivity index (χ1v) is 9.09. The Balaban J connectivity index is 1.57. The fraction of sp³-hybridized carbons (Fsp3) is 0.632. The Kier molecular flexibility index (Phi) is 4.11. The van der Waals surface area contributed by atoms with E-state index in [1.807, 2.05) is 30.3 Å². The summed E-state index contributed by atoms with van der Waals surface area (Å²) in [6, 6.07) is 9.42. The Morgan fingerprint density at radius 1 is 1.08 bits per heavy atom. The van der Waals surface area contributed by atoms with E-state index >= 15 is 0 Å². The molecule has 3 atom stereocenters. The number of hydrogen-bond acceptors (Lipinski definition) is 4. The fourth-order valence-electron chi connectivity index (χ4n) is 4.91. The molecule has 1 aromatic carbocycles. The molecule has 5 nitrogen and oxygen atoms in total. The average Bonchev–Trinajstić information content (AvgIpc) is 3.08. The number of carbonyl (C=O) groups excluding carboxylic acids is 1. The number of aliphatic hydroxyl groups is 2. The molecule has 2 heterocycles. The molecule has 1 aliphatic carbocycles. The van der Waals surface area contributed by atoms with Crippen LogP contribution in [0.5, 0.6) is 0 Å². The minimum Gasteiger partial charge on any atom is -0.364 e. The van der Waals surface area contributed by atoms with Gasteiger partial charge in [-0.3, -0.25) is 9.69 Å². The molecule has 24 heavy (non-hydrogen) atoms.